The van der Waals surface area contributed by atoms with Crippen LogP contribution in [0.3, 0.4) is 0 Å². The van der Waals surface area contributed by atoms with Crippen LogP contribution in [0.5, 0.6) is 0 Å². The van der Waals surface area contributed by atoms with Crippen LogP contribution in [-0.2, 0) is 11.3 Å². The number of aromatic nitrogens is 2. The Hall–Kier alpha value is -2.13. The predicted octanol–water partition coefficient (Wildman–Crippen LogP) is 5.66. The van der Waals surface area contributed by atoms with E-state index in [1.165, 1.54) is 23.1 Å². The van der Waals surface area contributed by atoms with Gasteiger partial charge in [0, 0.05) is 0 Å². The van der Waals surface area contributed by atoms with E-state index in [0.29, 0.717) is 12.5 Å². The highest BCUT2D eigenvalue weighted by Gasteiger charge is 2.09. The van der Waals surface area contributed by atoms with Gasteiger partial charge in [0.2, 0.25) is 0 Å². The number of fused-ring (bicyclic) bond motifs is 1. The van der Waals surface area contributed by atoms with Crippen molar-refractivity contribution in [2.24, 2.45) is 0 Å². The van der Waals surface area contributed by atoms with Crippen molar-refractivity contribution in [2.75, 3.05) is 0 Å². The summed E-state index contributed by atoms with van der Waals surface area (Å²) < 4.78 is 6.06. The first-order chi connectivity index (χ1) is 11.6. The zero-order valence-electron chi connectivity index (χ0n) is 15.0. The standard InChI is InChI=1S/C21H26N2O/c1-5-14(2)18-8-6-17(7-9-18)13-24-15(3)19-10-11-20-21(12-19)23-16(4)22-20/h6-12,14-15H,5,13H2,1-4H3,(H,22,23). The van der Waals surface area contributed by atoms with Crippen LogP contribution in [0.25, 0.3) is 11.0 Å². The molecule has 0 amide bonds. The molecule has 3 rings (SSSR count). The third-order valence-electron chi connectivity index (χ3n) is 4.75. The van der Waals surface area contributed by atoms with Crippen LogP contribution in [-0.4, -0.2) is 9.97 Å². The Morgan fingerprint density at radius 2 is 1.75 bits per heavy atom. The van der Waals surface area contributed by atoms with Crippen LogP contribution in [0, 0.1) is 6.92 Å². The molecule has 1 heterocycles. The van der Waals surface area contributed by atoms with E-state index in [1.54, 1.807) is 0 Å². The number of benzene rings is 2. The summed E-state index contributed by atoms with van der Waals surface area (Å²) in [6, 6.07) is 15.1. The topological polar surface area (TPSA) is 37.9 Å². The fraction of sp³-hybridized carbons (Fsp3) is 0.381. The molecule has 0 saturated heterocycles. The number of rotatable bonds is 6. The molecule has 3 nitrogen and oxygen atoms in total. The lowest BCUT2D eigenvalue weighted by Gasteiger charge is -2.14. The second-order valence-corrected chi connectivity index (χ2v) is 6.60. The Morgan fingerprint density at radius 3 is 2.46 bits per heavy atom. The van der Waals surface area contributed by atoms with E-state index in [9.17, 15) is 0 Å². The summed E-state index contributed by atoms with van der Waals surface area (Å²) >= 11 is 0. The SMILES string of the molecule is CCC(C)c1ccc(COC(C)c2ccc3nc(C)[nH]c3c2)cc1. The molecule has 24 heavy (non-hydrogen) atoms. The monoisotopic (exact) mass is 322 g/mol. The molecule has 0 fully saturated rings. The molecule has 0 radical (unpaired) electrons. The van der Waals surface area contributed by atoms with Gasteiger partial charge in [0.05, 0.1) is 23.7 Å². The molecule has 0 aliphatic carbocycles. The molecular formula is C21H26N2O. The molecule has 0 bridgehead atoms. The number of aromatic amines is 1. The summed E-state index contributed by atoms with van der Waals surface area (Å²) in [5.74, 6) is 1.56. The maximum absolute atomic E-state index is 6.06. The van der Waals surface area contributed by atoms with Crippen LogP contribution in [0.15, 0.2) is 42.5 Å². The van der Waals surface area contributed by atoms with Crippen molar-refractivity contribution in [3.63, 3.8) is 0 Å². The summed E-state index contributed by atoms with van der Waals surface area (Å²) in [6.45, 7) is 9.19. The third kappa shape index (κ3) is 3.68. The first-order valence-corrected chi connectivity index (χ1v) is 8.73. The van der Waals surface area contributed by atoms with Gasteiger partial charge in [-0.25, -0.2) is 4.98 Å². The summed E-state index contributed by atoms with van der Waals surface area (Å²) in [5.41, 5.74) is 5.85. The van der Waals surface area contributed by atoms with Gasteiger partial charge in [-0.1, -0.05) is 44.2 Å². The molecule has 2 unspecified atom stereocenters. The Labute approximate surface area is 144 Å². The number of nitrogens with zero attached hydrogens (tertiary/aromatic N) is 1. The molecule has 0 spiro atoms. The molecule has 0 aliphatic heterocycles. The van der Waals surface area contributed by atoms with Gasteiger partial charge >= 0.3 is 0 Å². The summed E-state index contributed by atoms with van der Waals surface area (Å²) in [5, 5.41) is 0. The quantitative estimate of drug-likeness (QED) is 0.635. The zero-order valence-corrected chi connectivity index (χ0v) is 15.0. The van der Waals surface area contributed by atoms with Crippen molar-refractivity contribution in [1.29, 1.82) is 0 Å². The lowest BCUT2D eigenvalue weighted by Crippen LogP contribution is -2.01. The largest absolute Gasteiger partial charge is 0.369 e. The molecule has 1 N–H and O–H groups in total. The van der Waals surface area contributed by atoms with Gasteiger partial charge in [-0.2, -0.15) is 0 Å². The molecule has 2 aromatic carbocycles. The van der Waals surface area contributed by atoms with Crippen LogP contribution < -0.4 is 0 Å². The van der Waals surface area contributed by atoms with Gasteiger partial charge in [-0.05, 0) is 55.0 Å². The number of aryl methyl sites for hydroxylation is 1. The van der Waals surface area contributed by atoms with Gasteiger partial charge in [0.25, 0.3) is 0 Å². The van der Waals surface area contributed by atoms with Gasteiger partial charge in [-0.15, -0.1) is 0 Å². The number of hydrogen-bond donors (Lipinski definition) is 1. The molecular weight excluding hydrogens is 296 g/mol. The van der Waals surface area contributed by atoms with E-state index in [0.717, 1.165) is 16.9 Å². The van der Waals surface area contributed by atoms with Crippen molar-refractivity contribution in [3.05, 3.63) is 65.0 Å². The molecule has 0 saturated carbocycles. The van der Waals surface area contributed by atoms with E-state index < -0.39 is 0 Å². The van der Waals surface area contributed by atoms with Crippen molar-refractivity contribution >= 4 is 11.0 Å². The highest BCUT2D eigenvalue weighted by Crippen LogP contribution is 2.23. The smallest absolute Gasteiger partial charge is 0.104 e. The normalized spacial score (nSPS) is 14.0. The fourth-order valence-electron chi connectivity index (χ4n) is 2.90. The minimum Gasteiger partial charge on any atom is -0.369 e. The zero-order chi connectivity index (χ0) is 17.1. The maximum atomic E-state index is 6.06. The van der Waals surface area contributed by atoms with Crippen molar-refractivity contribution < 1.29 is 4.74 Å². The highest BCUT2D eigenvalue weighted by atomic mass is 16.5. The summed E-state index contributed by atoms with van der Waals surface area (Å²) in [7, 11) is 0. The van der Waals surface area contributed by atoms with Crippen molar-refractivity contribution in [1.82, 2.24) is 9.97 Å². The number of imidazole rings is 1. The number of hydrogen-bond acceptors (Lipinski definition) is 2. The van der Waals surface area contributed by atoms with Crippen molar-refractivity contribution in [2.45, 2.75) is 52.7 Å². The lowest BCUT2D eigenvalue weighted by atomic mass is 9.98. The highest BCUT2D eigenvalue weighted by molar-refractivity contribution is 5.75. The molecule has 3 heteroatoms. The van der Waals surface area contributed by atoms with E-state index in [4.69, 9.17) is 4.74 Å². The Morgan fingerprint density at radius 1 is 1.04 bits per heavy atom. The minimum absolute atomic E-state index is 0.0484. The van der Waals surface area contributed by atoms with Crippen LogP contribution in [0.2, 0.25) is 0 Å². The average molecular weight is 322 g/mol. The van der Waals surface area contributed by atoms with Crippen molar-refractivity contribution in [3.8, 4) is 0 Å². The molecule has 0 aliphatic rings. The first kappa shape index (κ1) is 16.7. The van der Waals surface area contributed by atoms with Crippen LogP contribution >= 0.6 is 0 Å². The van der Waals surface area contributed by atoms with Gasteiger partial charge < -0.3 is 9.72 Å². The van der Waals surface area contributed by atoms with Gasteiger partial charge in [-0.3, -0.25) is 0 Å². The minimum atomic E-state index is 0.0484. The van der Waals surface area contributed by atoms with E-state index in [-0.39, 0.29) is 6.10 Å². The third-order valence-corrected chi connectivity index (χ3v) is 4.75. The first-order valence-electron chi connectivity index (χ1n) is 8.73. The Kier molecular flexibility index (Phi) is 5.00. The van der Waals surface area contributed by atoms with E-state index in [2.05, 4.69) is 73.2 Å². The van der Waals surface area contributed by atoms with E-state index >= 15 is 0 Å². The van der Waals surface area contributed by atoms with E-state index in [1.807, 2.05) is 6.92 Å². The number of H-pyrrole nitrogens is 1. The molecule has 1 aromatic heterocycles. The van der Waals surface area contributed by atoms with Crippen LogP contribution in [0.1, 0.15) is 61.7 Å². The molecule has 126 valence electrons. The molecule has 3 aromatic rings. The second kappa shape index (κ2) is 7.18. The van der Waals surface area contributed by atoms with Gasteiger partial charge in [0.1, 0.15) is 5.82 Å². The average Bonchev–Trinajstić information content (AvgIpc) is 2.98. The van der Waals surface area contributed by atoms with Crippen LogP contribution in [0.4, 0.5) is 0 Å². The molecule has 2 atom stereocenters. The van der Waals surface area contributed by atoms with Gasteiger partial charge in [0.15, 0.2) is 0 Å². The predicted molar refractivity (Wildman–Crippen MR) is 99.2 cm³/mol. The summed E-state index contributed by atoms with van der Waals surface area (Å²) in [6.07, 6.45) is 1.22. The maximum Gasteiger partial charge on any atom is 0.104 e. The Bertz CT molecular complexity index is 804. The summed E-state index contributed by atoms with van der Waals surface area (Å²) in [4.78, 5) is 7.72. The number of ether oxygens (including phenoxy) is 1. The Balaban J connectivity index is 1.64. The number of nitrogens with one attached hydrogen (secondary N) is 1. The fourth-order valence-corrected chi connectivity index (χ4v) is 2.90. The second-order valence-electron chi connectivity index (χ2n) is 6.60. The lowest BCUT2D eigenvalue weighted by molar-refractivity contribution is 0.0526.